The molecule has 0 bridgehead atoms. The maximum absolute atomic E-state index is 13.0. The largest absolute Gasteiger partial charge is 0.383 e. The Bertz CT molecular complexity index is 533. The summed E-state index contributed by atoms with van der Waals surface area (Å²) in [6.45, 7) is 1.11. The summed E-state index contributed by atoms with van der Waals surface area (Å²) >= 11 is 3.25. The molecule has 0 spiro atoms. The van der Waals surface area contributed by atoms with Gasteiger partial charge in [-0.1, -0.05) is 5.16 Å². The molecule has 0 radical (unpaired) electrons. The predicted molar refractivity (Wildman–Crippen MR) is 67.8 cm³/mol. The first-order chi connectivity index (χ1) is 8.70. The fraction of sp³-hybridized carbons (Fsp3) is 0.273. The SMILES string of the molecule is COCCNc1nc(-c2ccc(F)cc2Br)no1. The smallest absolute Gasteiger partial charge is 0.321 e. The Morgan fingerprint density at radius 1 is 1.50 bits per heavy atom. The molecule has 0 saturated carbocycles. The van der Waals surface area contributed by atoms with E-state index in [0.29, 0.717) is 35.0 Å². The van der Waals surface area contributed by atoms with Gasteiger partial charge in [-0.05, 0) is 34.1 Å². The summed E-state index contributed by atoms with van der Waals surface area (Å²) in [5.41, 5.74) is 0.667. The average molecular weight is 316 g/mol. The zero-order valence-electron chi connectivity index (χ0n) is 9.61. The third-order valence-electron chi connectivity index (χ3n) is 2.18. The number of halogens is 2. The summed E-state index contributed by atoms with van der Waals surface area (Å²) in [6, 6.07) is 4.58. The Morgan fingerprint density at radius 2 is 2.33 bits per heavy atom. The summed E-state index contributed by atoms with van der Waals surface area (Å²) in [6.07, 6.45) is 0. The van der Waals surface area contributed by atoms with Gasteiger partial charge in [-0.3, -0.25) is 0 Å². The third kappa shape index (κ3) is 3.05. The minimum Gasteiger partial charge on any atom is -0.383 e. The number of hydrogen-bond donors (Lipinski definition) is 1. The van der Waals surface area contributed by atoms with Crippen molar-refractivity contribution in [1.82, 2.24) is 10.1 Å². The molecule has 0 aliphatic rings. The highest BCUT2D eigenvalue weighted by atomic mass is 79.9. The number of anilines is 1. The fourth-order valence-electron chi connectivity index (χ4n) is 1.34. The van der Waals surface area contributed by atoms with Crippen LogP contribution in [0, 0.1) is 5.82 Å². The van der Waals surface area contributed by atoms with E-state index in [0.717, 1.165) is 0 Å². The number of nitrogens with zero attached hydrogens (tertiary/aromatic N) is 2. The van der Waals surface area contributed by atoms with Crippen LogP contribution in [0.5, 0.6) is 0 Å². The predicted octanol–water partition coefficient (Wildman–Crippen LogP) is 2.70. The van der Waals surface area contributed by atoms with Crippen LogP contribution in [0.3, 0.4) is 0 Å². The zero-order chi connectivity index (χ0) is 13.0. The number of rotatable bonds is 5. The van der Waals surface area contributed by atoms with Gasteiger partial charge in [0.2, 0.25) is 5.82 Å². The lowest BCUT2D eigenvalue weighted by molar-refractivity contribution is 0.210. The van der Waals surface area contributed by atoms with E-state index in [1.807, 2.05) is 0 Å². The molecule has 1 heterocycles. The van der Waals surface area contributed by atoms with Crippen molar-refractivity contribution >= 4 is 21.9 Å². The molecule has 18 heavy (non-hydrogen) atoms. The fourth-order valence-corrected chi connectivity index (χ4v) is 1.86. The van der Waals surface area contributed by atoms with Crippen LogP contribution in [0.15, 0.2) is 27.2 Å². The number of benzene rings is 1. The van der Waals surface area contributed by atoms with Crippen LogP contribution in [0.2, 0.25) is 0 Å². The average Bonchev–Trinajstić information content (AvgIpc) is 2.78. The number of methoxy groups -OCH3 is 1. The highest BCUT2D eigenvalue weighted by Crippen LogP contribution is 2.27. The van der Waals surface area contributed by atoms with Gasteiger partial charge in [0.1, 0.15) is 5.82 Å². The molecule has 96 valence electrons. The molecule has 0 unspecified atom stereocenters. The maximum Gasteiger partial charge on any atom is 0.321 e. The first kappa shape index (κ1) is 13.0. The van der Waals surface area contributed by atoms with E-state index in [9.17, 15) is 4.39 Å². The highest BCUT2D eigenvalue weighted by Gasteiger charge is 2.11. The van der Waals surface area contributed by atoms with E-state index < -0.39 is 0 Å². The molecule has 5 nitrogen and oxygen atoms in total. The molecule has 1 N–H and O–H groups in total. The van der Waals surface area contributed by atoms with E-state index >= 15 is 0 Å². The number of nitrogens with one attached hydrogen (secondary N) is 1. The van der Waals surface area contributed by atoms with Crippen molar-refractivity contribution in [3.05, 3.63) is 28.5 Å². The standard InChI is InChI=1S/C11H11BrFN3O2/c1-17-5-4-14-11-15-10(16-18-11)8-3-2-7(13)6-9(8)12/h2-3,6H,4-5H2,1H3,(H,14,15,16). The van der Waals surface area contributed by atoms with Crippen LogP contribution < -0.4 is 5.32 Å². The van der Waals surface area contributed by atoms with E-state index in [-0.39, 0.29) is 5.82 Å². The first-order valence-electron chi connectivity index (χ1n) is 5.22. The molecule has 0 aliphatic carbocycles. The van der Waals surface area contributed by atoms with Gasteiger partial charge in [0, 0.05) is 23.7 Å². The normalized spacial score (nSPS) is 10.6. The van der Waals surface area contributed by atoms with Gasteiger partial charge in [0.25, 0.3) is 0 Å². The van der Waals surface area contributed by atoms with Gasteiger partial charge < -0.3 is 14.6 Å². The minimum atomic E-state index is -0.326. The number of hydrogen-bond acceptors (Lipinski definition) is 5. The molecule has 0 saturated heterocycles. The topological polar surface area (TPSA) is 60.2 Å². The van der Waals surface area contributed by atoms with Gasteiger partial charge in [-0.25, -0.2) is 4.39 Å². The molecule has 1 aromatic carbocycles. The monoisotopic (exact) mass is 315 g/mol. The van der Waals surface area contributed by atoms with Crippen LogP contribution in [0.25, 0.3) is 11.4 Å². The second-order valence-electron chi connectivity index (χ2n) is 3.47. The summed E-state index contributed by atoms with van der Waals surface area (Å²) in [7, 11) is 1.61. The molecule has 2 rings (SSSR count). The van der Waals surface area contributed by atoms with Crippen molar-refractivity contribution in [3.8, 4) is 11.4 Å². The van der Waals surface area contributed by atoms with Crippen LogP contribution in [-0.2, 0) is 4.74 Å². The van der Waals surface area contributed by atoms with Crippen LogP contribution in [-0.4, -0.2) is 30.4 Å². The van der Waals surface area contributed by atoms with Gasteiger partial charge in [0.15, 0.2) is 0 Å². The van der Waals surface area contributed by atoms with Gasteiger partial charge in [0.05, 0.1) is 6.61 Å². The molecular formula is C11H11BrFN3O2. The van der Waals surface area contributed by atoms with E-state index in [1.165, 1.54) is 12.1 Å². The van der Waals surface area contributed by atoms with E-state index in [2.05, 4.69) is 31.4 Å². The summed E-state index contributed by atoms with van der Waals surface area (Å²) in [5, 5.41) is 6.73. The summed E-state index contributed by atoms with van der Waals surface area (Å²) < 4.78 is 23.4. The molecule has 7 heteroatoms. The Balaban J connectivity index is 2.13. The van der Waals surface area contributed by atoms with E-state index in [1.54, 1.807) is 13.2 Å². The van der Waals surface area contributed by atoms with Crippen molar-refractivity contribution < 1.29 is 13.7 Å². The molecular weight excluding hydrogens is 305 g/mol. The summed E-state index contributed by atoms with van der Waals surface area (Å²) in [5.74, 6) is 0.0642. The third-order valence-corrected chi connectivity index (χ3v) is 2.84. The highest BCUT2D eigenvalue weighted by molar-refractivity contribution is 9.10. The maximum atomic E-state index is 13.0. The van der Waals surface area contributed by atoms with Crippen LogP contribution in [0.1, 0.15) is 0 Å². The molecule has 0 aliphatic heterocycles. The Morgan fingerprint density at radius 3 is 3.06 bits per heavy atom. The number of ether oxygens (including phenoxy) is 1. The van der Waals surface area contributed by atoms with Crippen molar-refractivity contribution in [2.24, 2.45) is 0 Å². The lowest BCUT2D eigenvalue weighted by atomic mass is 10.2. The van der Waals surface area contributed by atoms with Gasteiger partial charge in [-0.15, -0.1) is 0 Å². The molecule has 0 amide bonds. The molecule has 2 aromatic rings. The van der Waals surface area contributed by atoms with Crippen molar-refractivity contribution in [3.63, 3.8) is 0 Å². The Kier molecular flexibility index (Phi) is 4.27. The van der Waals surface area contributed by atoms with E-state index in [4.69, 9.17) is 9.26 Å². The van der Waals surface area contributed by atoms with Crippen LogP contribution >= 0.6 is 15.9 Å². The minimum absolute atomic E-state index is 0.304. The molecule has 1 aromatic heterocycles. The quantitative estimate of drug-likeness (QED) is 0.860. The Hall–Kier alpha value is -1.47. The molecule has 0 fully saturated rings. The Labute approximate surface area is 111 Å². The van der Waals surface area contributed by atoms with Gasteiger partial charge in [-0.2, -0.15) is 4.98 Å². The number of aromatic nitrogens is 2. The summed E-state index contributed by atoms with van der Waals surface area (Å²) in [4.78, 5) is 4.15. The second kappa shape index (κ2) is 5.92. The second-order valence-corrected chi connectivity index (χ2v) is 4.32. The van der Waals surface area contributed by atoms with Crippen molar-refractivity contribution in [1.29, 1.82) is 0 Å². The zero-order valence-corrected chi connectivity index (χ0v) is 11.2. The first-order valence-corrected chi connectivity index (χ1v) is 6.02. The van der Waals surface area contributed by atoms with Gasteiger partial charge >= 0.3 is 6.01 Å². The lowest BCUT2D eigenvalue weighted by Gasteiger charge is -1.99. The van der Waals surface area contributed by atoms with Crippen LogP contribution in [0.4, 0.5) is 10.4 Å². The van der Waals surface area contributed by atoms with Crippen molar-refractivity contribution in [2.45, 2.75) is 0 Å². The molecule has 0 atom stereocenters. The lowest BCUT2D eigenvalue weighted by Crippen LogP contribution is -2.07. The van der Waals surface area contributed by atoms with Crippen molar-refractivity contribution in [2.75, 3.05) is 25.6 Å².